The second-order valence-electron chi connectivity index (χ2n) is 10.1. The fraction of sp³-hybridized carbons (Fsp3) is 0.407. The summed E-state index contributed by atoms with van der Waals surface area (Å²) < 4.78 is 0. The Hall–Kier alpha value is -2.08. The maximum absolute atomic E-state index is 2.51. The molecule has 0 heteroatoms. The van der Waals surface area contributed by atoms with Crippen LogP contribution in [0.25, 0.3) is 28.3 Å². The molecule has 0 saturated carbocycles. The summed E-state index contributed by atoms with van der Waals surface area (Å²) >= 11 is 0. The van der Waals surface area contributed by atoms with E-state index in [0.717, 1.165) is 6.42 Å². The van der Waals surface area contributed by atoms with Crippen LogP contribution in [0, 0.1) is 12.3 Å². The van der Waals surface area contributed by atoms with Crippen molar-refractivity contribution in [1.82, 2.24) is 0 Å². The average Bonchev–Trinajstić information content (AvgIpc) is 3.12. The second kappa shape index (κ2) is 4.85. The van der Waals surface area contributed by atoms with Crippen molar-refractivity contribution in [2.75, 3.05) is 0 Å². The smallest absolute Gasteiger partial charge is 0.0114 e. The van der Waals surface area contributed by atoms with E-state index in [1.54, 1.807) is 5.56 Å². The van der Waals surface area contributed by atoms with Crippen molar-refractivity contribution < 1.29 is 0 Å². The van der Waals surface area contributed by atoms with Gasteiger partial charge in [-0.15, -0.1) is 0 Å². The molecule has 0 saturated heterocycles. The van der Waals surface area contributed by atoms with E-state index in [-0.39, 0.29) is 10.8 Å². The summed E-state index contributed by atoms with van der Waals surface area (Å²) in [6.45, 7) is 18.7. The lowest BCUT2D eigenvalue weighted by atomic mass is 9.81. The van der Waals surface area contributed by atoms with Gasteiger partial charge >= 0.3 is 0 Å². The predicted octanol–water partition coefficient (Wildman–Crippen LogP) is 5.64. The van der Waals surface area contributed by atoms with Crippen LogP contribution in [-0.2, 0) is 11.8 Å². The molecule has 0 heterocycles. The van der Waals surface area contributed by atoms with E-state index < -0.39 is 0 Å². The summed E-state index contributed by atoms with van der Waals surface area (Å²) in [6.07, 6.45) is 3.55. The van der Waals surface area contributed by atoms with Crippen molar-refractivity contribution in [2.24, 2.45) is 5.41 Å². The fourth-order valence-corrected chi connectivity index (χ4v) is 5.72. The van der Waals surface area contributed by atoms with Crippen LogP contribution in [0.3, 0.4) is 0 Å². The van der Waals surface area contributed by atoms with Crippen LogP contribution in [0.5, 0.6) is 0 Å². The van der Waals surface area contributed by atoms with Gasteiger partial charge in [-0.3, -0.25) is 0 Å². The number of benzene rings is 2. The van der Waals surface area contributed by atoms with Crippen LogP contribution in [0.2, 0.25) is 0 Å². The maximum Gasteiger partial charge on any atom is 0.0114 e. The molecule has 0 radical (unpaired) electrons. The van der Waals surface area contributed by atoms with Crippen molar-refractivity contribution in [3.05, 3.63) is 62.0 Å². The van der Waals surface area contributed by atoms with Crippen LogP contribution < -0.4 is 10.4 Å². The van der Waals surface area contributed by atoms with Gasteiger partial charge in [-0.1, -0.05) is 51.0 Å². The van der Waals surface area contributed by atoms with E-state index in [2.05, 4.69) is 79.7 Å². The first-order valence-corrected chi connectivity index (χ1v) is 10.3. The van der Waals surface area contributed by atoms with E-state index in [1.165, 1.54) is 60.5 Å². The largest absolute Gasteiger partial charge is 0.0669 e. The van der Waals surface area contributed by atoms with Crippen LogP contribution in [-0.4, -0.2) is 0 Å². The molecule has 3 aliphatic rings. The first-order valence-electron chi connectivity index (χ1n) is 10.3. The summed E-state index contributed by atoms with van der Waals surface area (Å²) in [6, 6.07) is 7.48. The summed E-state index contributed by atoms with van der Waals surface area (Å²) in [7, 11) is 0. The Morgan fingerprint density at radius 3 is 2.19 bits per heavy atom. The van der Waals surface area contributed by atoms with E-state index >= 15 is 0 Å². The van der Waals surface area contributed by atoms with Gasteiger partial charge in [0.25, 0.3) is 0 Å². The molecule has 138 valence electrons. The number of hydrogen-bond acceptors (Lipinski definition) is 0. The lowest BCUT2D eigenvalue weighted by Crippen LogP contribution is -2.27. The highest BCUT2D eigenvalue weighted by atomic mass is 14.4. The minimum absolute atomic E-state index is 0.140. The zero-order valence-electron chi connectivity index (χ0n) is 18.0. The summed E-state index contributed by atoms with van der Waals surface area (Å²) in [5, 5.41) is 2.94. The third-order valence-corrected chi connectivity index (χ3v) is 8.08. The van der Waals surface area contributed by atoms with Crippen LogP contribution in [0.4, 0.5) is 0 Å². The zero-order chi connectivity index (χ0) is 19.5. The highest BCUT2D eigenvalue weighted by Gasteiger charge is 2.36. The third kappa shape index (κ3) is 1.94. The molecular weight excluding hydrogens is 324 g/mol. The van der Waals surface area contributed by atoms with Crippen LogP contribution in [0.1, 0.15) is 76.3 Å². The Balaban J connectivity index is 1.81. The Kier molecular flexibility index (Phi) is 3.06. The summed E-state index contributed by atoms with van der Waals surface area (Å²) in [5.74, 6) is 0. The zero-order valence-corrected chi connectivity index (χ0v) is 18.0. The molecule has 0 bridgehead atoms. The van der Waals surface area contributed by atoms with Crippen molar-refractivity contribution in [3.63, 3.8) is 0 Å². The standard InChI is InChI=1S/C27H30/c1-14-16(3)27(7,8)24-12-22-18(10-21(14)24)9-20-15(2)25-17(4)26(5,6)13-19(25)11-23(20)22/h10-13H,9H2,1-8H3. The number of hydrogen-bond donors (Lipinski definition) is 0. The molecule has 0 aromatic heterocycles. The minimum atomic E-state index is 0.140. The maximum atomic E-state index is 2.51. The predicted molar refractivity (Wildman–Crippen MR) is 117 cm³/mol. The molecular formula is C27H30. The minimum Gasteiger partial charge on any atom is -0.0669 e. The van der Waals surface area contributed by atoms with E-state index in [4.69, 9.17) is 0 Å². The van der Waals surface area contributed by atoms with E-state index in [0.29, 0.717) is 0 Å². The number of rotatable bonds is 0. The van der Waals surface area contributed by atoms with Gasteiger partial charge in [-0.05, 0) is 101 Å². The SMILES string of the molecule is CC1=C(C)C(C)(C)c2cc3c(cc21)Cc1c-3cc2c(c1C)=C(C)C(C)(C)C=2. The van der Waals surface area contributed by atoms with Crippen molar-refractivity contribution >= 4 is 17.2 Å². The monoisotopic (exact) mass is 354 g/mol. The van der Waals surface area contributed by atoms with Crippen molar-refractivity contribution in [2.45, 2.75) is 67.2 Å². The summed E-state index contributed by atoms with van der Waals surface area (Å²) in [4.78, 5) is 0. The Morgan fingerprint density at radius 2 is 1.48 bits per heavy atom. The quantitative estimate of drug-likeness (QED) is 0.490. The Bertz CT molecular complexity index is 1210. The Labute approximate surface area is 163 Å². The highest BCUT2D eigenvalue weighted by Crippen LogP contribution is 2.50. The first kappa shape index (κ1) is 17.0. The molecule has 3 aliphatic carbocycles. The van der Waals surface area contributed by atoms with Gasteiger partial charge in [-0.2, -0.15) is 0 Å². The topological polar surface area (TPSA) is 0 Å². The second-order valence-corrected chi connectivity index (χ2v) is 10.1. The molecule has 0 N–H and O–H groups in total. The number of fused-ring (bicyclic) bond motifs is 5. The van der Waals surface area contributed by atoms with Gasteiger partial charge in [0.1, 0.15) is 0 Å². The molecule has 27 heavy (non-hydrogen) atoms. The molecule has 0 fully saturated rings. The van der Waals surface area contributed by atoms with Gasteiger partial charge in [-0.25, -0.2) is 0 Å². The lowest BCUT2D eigenvalue weighted by Gasteiger charge is -2.23. The van der Waals surface area contributed by atoms with Crippen molar-refractivity contribution in [1.29, 1.82) is 0 Å². The molecule has 0 spiro atoms. The number of allylic oxidation sites excluding steroid dienone is 2. The molecule has 2 aromatic carbocycles. The van der Waals surface area contributed by atoms with Gasteiger partial charge in [0.2, 0.25) is 0 Å². The molecule has 2 aromatic rings. The van der Waals surface area contributed by atoms with Crippen LogP contribution in [0.15, 0.2) is 23.8 Å². The van der Waals surface area contributed by atoms with Gasteiger partial charge < -0.3 is 0 Å². The molecule has 0 aliphatic heterocycles. The first-order chi connectivity index (χ1) is 12.5. The molecule has 5 rings (SSSR count). The van der Waals surface area contributed by atoms with Gasteiger partial charge in [0, 0.05) is 10.8 Å². The third-order valence-electron chi connectivity index (χ3n) is 8.08. The normalized spacial score (nSPS) is 20.4. The van der Waals surface area contributed by atoms with E-state index in [9.17, 15) is 0 Å². The molecule has 0 atom stereocenters. The summed E-state index contributed by atoms with van der Waals surface area (Å²) in [5.41, 5.74) is 15.3. The van der Waals surface area contributed by atoms with Gasteiger partial charge in [0.15, 0.2) is 0 Å². The molecule has 0 unspecified atom stereocenters. The van der Waals surface area contributed by atoms with Gasteiger partial charge in [0.05, 0.1) is 0 Å². The average molecular weight is 355 g/mol. The lowest BCUT2D eigenvalue weighted by molar-refractivity contribution is 0.639. The van der Waals surface area contributed by atoms with E-state index in [1.807, 2.05) is 0 Å². The fourth-order valence-electron chi connectivity index (χ4n) is 5.72. The Morgan fingerprint density at radius 1 is 0.778 bits per heavy atom. The highest BCUT2D eigenvalue weighted by molar-refractivity contribution is 5.87. The van der Waals surface area contributed by atoms with Crippen molar-refractivity contribution in [3.8, 4) is 11.1 Å². The van der Waals surface area contributed by atoms with Crippen LogP contribution >= 0.6 is 0 Å². The molecule has 0 nitrogen and oxygen atoms in total. The molecule has 0 amide bonds.